The Kier molecular flexibility index (Phi) is 2.25. The van der Waals surface area contributed by atoms with Gasteiger partial charge in [0.2, 0.25) is 0 Å². The van der Waals surface area contributed by atoms with E-state index in [4.69, 9.17) is 9.15 Å². The van der Waals surface area contributed by atoms with Crippen LogP contribution in [0.15, 0.2) is 34.7 Å². The number of carbonyl (C=O) groups excluding carboxylic acids is 1. The zero-order valence-corrected chi connectivity index (χ0v) is 9.47. The lowest BCUT2D eigenvalue weighted by Crippen LogP contribution is -2.05. The molecule has 2 aromatic rings. The predicted molar refractivity (Wildman–Crippen MR) is 63.3 cm³/mol. The fraction of sp³-hybridized carbons (Fsp3) is 0.214. The van der Waals surface area contributed by atoms with Crippen molar-refractivity contribution in [1.82, 2.24) is 0 Å². The number of fused-ring (bicyclic) bond motifs is 1. The van der Waals surface area contributed by atoms with E-state index in [2.05, 4.69) is 13.0 Å². The number of carbonyl (C=O) groups is 1. The highest BCUT2D eigenvalue weighted by Crippen LogP contribution is 2.33. The van der Waals surface area contributed by atoms with Gasteiger partial charge in [0.1, 0.15) is 17.6 Å². The Hall–Kier alpha value is -2.03. The van der Waals surface area contributed by atoms with Gasteiger partial charge in [-0.2, -0.15) is 0 Å². The summed E-state index contributed by atoms with van der Waals surface area (Å²) in [4.78, 5) is 10.6. The molecule has 1 aliphatic rings. The molecule has 2 heterocycles. The molecule has 0 saturated carbocycles. The first-order valence-electron chi connectivity index (χ1n) is 5.61. The second kappa shape index (κ2) is 3.77. The minimum absolute atomic E-state index is 0.238. The summed E-state index contributed by atoms with van der Waals surface area (Å²) in [6.45, 7) is 2.05. The van der Waals surface area contributed by atoms with Crippen molar-refractivity contribution in [1.29, 1.82) is 0 Å². The highest BCUT2D eigenvalue weighted by Gasteiger charge is 2.19. The number of aldehydes is 1. The van der Waals surface area contributed by atoms with E-state index in [1.165, 1.54) is 5.56 Å². The lowest BCUT2D eigenvalue weighted by Gasteiger charge is -2.02. The maximum Gasteiger partial charge on any atom is 0.185 e. The van der Waals surface area contributed by atoms with Crippen LogP contribution in [0.1, 0.15) is 23.0 Å². The molecule has 17 heavy (non-hydrogen) atoms. The molecular weight excluding hydrogens is 216 g/mol. The average molecular weight is 228 g/mol. The molecule has 1 aromatic carbocycles. The Morgan fingerprint density at radius 2 is 2.18 bits per heavy atom. The number of benzene rings is 1. The SMILES string of the molecule is CC1Cc2cc(-c3ccc(C=O)o3)ccc2O1. The summed E-state index contributed by atoms with van der Waals surface area (Å²) >= 11 is 0. The van der Waals surface area contributed by atoms with E-state index in [0.29, 0.717) is 12.0 Å². The maximum absolute atomic E-state index is 10.6. The molecule has 0 bridgehead atoms. The lowest BCUT2D eigenvalue weighted by atomic mass is 10.1. The first kappa shape index (κ1) is 10.1. The Bertz CT molecular complexity index is 569. The monoisotopic (exact) mass is 228 g/mol. The first-order valence-corrected chi connectivity index (χ1v) is 5.61. The van der Waals surface area contributed by atoms with Crippen LogP contribution in [0.4, 0.5) is 0 Å². The van der Waals surface area contributed by atoms with Crippen LogP contribution in [0.25, 0.3) is 11.3 Å². The van der Waals surface area contributed by atoms with Crippen LogP contribution in [0.3, 0.4) is 0 Å². The third-order valence-corrected chi connectivity index (χ3v) is 2.92. The average Bonchev–Trinajstić information content (AvgIpc) is 2.92. The Morgan fingerprint density at radius 3 is 2.94 bits per heavy atom. The molecule has 1 atom stereocenters. The van der Waals surface area contributed by atoms with Gasteiger partial charge in [-0.1, -0.05) is 0 Å². The summed E-state index contributed by atoms with van der Waals surface area (Å²) in [7, 11) is 0. The second-order valence-corrected chi connectivity index (χ2v) is 4.27. The van der Waals surface area contributed by atoms with Gasteiger partial charge in [0.05, 0.1) is 0 Å². The van der Waals surface area contributed by atoms with E-state index in [0.717, 1.165) is 23.5 Å². The summed E-state index contributed by atoms with van der Waals surface area (Å²) in [5, 5.41) is 0. The first-order chi connectivity index (χ1) is 8.26. The summed E-state index contributed by atoms with van der Waals surface area (Å²) in [6.07, 6.45) is 1.87. The van der Waals surface area contributed by atoms with Crippen molar-refractivity contribution >= 4 is 6.29 Å². The highest BCUT2D eigenvalue weighted by atomic mass is 16.5. The van der Waals surface area contributed by atoms with Crippen molar-refractivity contribution in [2.75, 3.05) is 0 Å². The molecule has 0 spiro atoms. The van der Waals surface area contributed by atoms with Crippen molar-refractivity contribution in [2.24, 2.45) is 0 Å². The maximum atomic E-state index is 10.6. The van der Waals surface area contributed by atoms with Crippen molar-refractivity contribution < 1.29 is 13.9 Å². The van der Waals surface area contributed by atoms with Gasteiger partial charge in [-0.15, -0.1) is 0 Å². The van der Waals surface area contributed by atoms with Gasteiger partial charge >= 0.3 is 0 Å². The summed E-state index contributed by atoms with van der Waals surface area (Å²) in [5.41, 5.74) is 2.17. The normalized spacial score (nSPS) is 17.6. The number of ether oxygens (including phenoxy) is 1. The lowest BCUT2D eigenvalue weighted by molar-refractivity contribution is 0.110. The summed E-state index contributed by atoms with van der Waals surface area (Å²) in [5.74, 6) is 2.02. The third kappa shape index (κ3) is 1.73. The van der Waals surface area contributed by atoms with Crippen LogP contribution in [-0.2, 0) is 6.42 Å². The molecular formula is C14H12O3. The van der Waals surface area contributed by atoms with Gasteiger partial charge in [-0.05, 0) is 42.8 Å². The van der Waals surface area contributed by atoms with Crippen LogP contribution >= 0.6 is 0 Å². The minimum Gasteiger partial charge on any atom is -0.490 e. The standard InChI is InChI=1S/C14H12O3/c1-9-6-11-7-10(2-4-14(11)16-9)13-5-3-12(8-15)17-13/h2-5,7-9H,6H2,1H3. The topological polar surface area (TPSA) is 39.4 Å². The minimum atomic E-state index is 0.238. The number of hydrogen-bond donors (Lipinski definition) is 0. The van der Waals surface area contributed by atoms with Crippen molar-refractivity contribution in [2.45, 2.75) is 19.4 Å². The van der Waals surface area contributed by atoms with Crippen LogP contribution in [-0.4, -0.2) is 12.4 Å². The smallest absolute Gasteiger partial charge is 0.185 e. The van der Waals surface area contributed by atoms with Gasteiger partial charge in [0.15, 0.2) is 12.0 Å². The molecule has 86 valence electrons. The number of furan rings is 1. The molecule has 3 rings (SSSR count). The summed E-state index contributed by atoms with van der Waals surface area (Å²) in [6, 6.07) is 9.45. The molecule has 0 fully saturated rings. The molecule has 0 saturated heterocycles. The highest BCUT2D eigenvalue weighted by molar-refractivity contribution is 5.73. The van der Waals surface area contributed by atoms with Crippen LogP contribution in [0, 0.1) is 0 Å². The molecule has 3 heteroatoms. The second-order valence-electron chi connectivity index (χ2n) is 4.27. The van der Waals surface area contributed by atoms with Gasteiger partial charge in [-0.3, -0.25) is 4.79 Å². The molecule has 1 aromatic heterocycles. The summed E-state index contributed by atoms with van der Waals surface area (Å²) < 4.78 is 11.0. The Morgan fingerprint density at radius 1 is 1.29 bits per heavy atom. The quantitative estimate of drug-likeness (QED) is 0.741. The number of rotatable bonds is 2. The van der Waals surface area contributed by atoms with E-state index in [1.54, 1.807) is 6.07 Å². The fourth-order valence-corrected chi connectivity index (χ4v) is 2.15. The Balaban J connectivity index is 1.99. The van der Waals surface area contributed by atoms with Crippen molar-refractivity contribution in [3.05, 3.63) is 41.7 Å². The largest absolute Gasteiger partial charge is 0.490 e. The van der Waals surface area contributed by atoms with E-state index in [-0.39, 0.29) is 6.10 Å². The molecule has 0 aliphatic carbocycles. The van der Waals surface area contributed by atoms with Crippen LogP contribution in [0.2, 0.25) is 0 Å². The third-order valence-electron chi connectivity index (χ3n) is 2.92. The van der Waals surface area contributed by atoms with E-state index in [9.17, 15) is 4.79 Å². The fourth-order valence-electron chi connectivity index (χ4n) is 2.15. The van der Waals surface area contributed by atoms with Gasteiger partial charge < -0.3 is 9.15 Å². The zero-order valence-electron chi connectivity index (χ0n) is 9.47. The van der Waals surface area contributed by atoms with Crippen LogP contribution in [0.5, 0.6) is 5.75 Å². The number of hydrogen-bond acceptors (Lipinski definition) is 3. The molecule has 0 radical (unpaired) electrons. The van der Waals surface area contributed by atoms with Gasteiger partial charge in [-0.25, -0.2) is 0 Å². The zero-order chi connectivity index (χ0) is 11.8. The van der Waals surface area contributed by atoms with Gasteiger partial charge in [0.25, 0.3) is 0 Å². The predicted octanol–water partition coefficient (Wildman–Crippen LogP) is 3.08. The molecule has 0 amide bonds. The van der Waals surface area contributed by atoms with Crippen LogP contribution < -0.4 is 4.74 Å². The Labute approximate surface area is 99.0 Å². The molecule has 3 nitrogen and oxygen atoms in total. The molecule has 1 unspecified atom stereocenters. The van der Waals surface area contributed by atoms with E-state index in [1.807, 2.05) is 18.2 Å². The molecule has 0 N–H and O–H groups in total. The van der Waals surface area contributed by atoms with Gasteiger partial charge in [0, 0.05) is 12.0 Å². The van der Waals surface area contributed by atoms with Crippen molar-refractivity contribution in [3.63, 3.8) is 0 Å². The van der Waals surface area contributed by atoms with Crippen molar-refractivity contribution in [3.8, 4) is 17.1 Å². The van der Waals surface area contributed by atoms with E-state index < -0.39 is 0 Å². The van der Waals surface area contributed by atoms with E-state index >= 15 is 0 Å². The molecule has 1 aliphatic heterocycles.